The number of hydrogen-bond donors (Lipinski definition) is 0. The van der Waals surface area contributed by atoms with Crippen LogP contribution in [-0.2, 0) is 0 Å². The monoisotopic (exact) mass is 373 g/mol. The summed E-state index contributed by atoms with van der Waals surface area (Å²) in [5.74, 6) is 0. The molecule has 0 saturated heterocycles. The molecule has 5 aromatic rings. The van der Waals surface area contributed by atoms with Crippen LogP contribution in [0.5, 0.6) is 0 Å². The molecule has 1 heteroatoms. The first-order valence-electron chi connectivity index (χ1n) is 10.0. The first-order chi connectivity index (χ1) is 14.2. The molecule has 0 heterocycles. The fourth-order valence-corrected chi connectivity index (χ4v) is 4.12. The van der Waals surface area contributed by atoms with Crippen molar-refractivity contribution in [3.63, 3.8) is 0 Å². The Labute approximate surface area is 171 Å². The van der Waals surface area contributed by atoms with Gasteiger partial charge in [-0.15, -0.1) is 0 Å². The van der Waals surface area contributed by atoms with E-state index in [1.54, 1.807) is 0 Å². The largest absolute Gasteiger partial charge is 0.310 e. The van der Waals surface area contributed by atoms with E-state index in [2.05, 4.69) is 122 Å². The maximum atomic E-state index is 2.34. The van der Waals surface area contributed by atoms with E-state index in [0.29, 0.717) is 0 Å². The normalized spacial score (nSPS) is 11.1. The maximum absolute atomic E-state index is 2.34. The topological polar surface area (TPSA) is 3.24 Å². The van der Waals surface area contributed by atoms with Crippen molar-refractivity contribution < 1.29 is 0 Å². The lowest BCUT2D eigenvalue weighted by Crippen LogP contribution is -2.10. The van der Waals surface area contributed by atoms with Crippen molar-refractivity contribution >= 4 is 38.6 Å². The van der Waals surface area contributed by atoms with Crippen LogP contribution < -0.4 is 4.90 Å². The third-order valence-electron chi connectivity index (χ3n) is 5.51. The summed E-state index contributed by atoms with van der Waals surface area (Å²) in [6, 6.07) is 37.2. The molecule has 0 saturated carbocycles. The summed E-state index contributed by atoms with van der Waals surface area (Å²) in [5, 5.41) is 5.13. The Balaban J connectivity index is 1.73. The molecule has 0 fully saturated rings. The van der Waals surface area contributed by atoms with Crippen molar-refractivity contribution in [2.24, 2.45) is 0 Å². The van der Waals surface area contributed by atoms with Crippen molar-refractivity contribution in [3.8, 4) is 0 Å². The van der Waals surface area contributed by atoms with Gasteiger partial charge < -0.3 is 4.90 Å². The number of fused-ring (bicyclic) bond motifs is 3. The molecule has 0 bridgehead atoms. The summed E-state index contributed by atoms with van der Waals surface area (Å²) in [6.45, 7) is 4.29. The highest BCUT2D eigenvalue weighted by Crippen LogP contribution is 2.37. The van der Waals surface area contributed by atoms with Gasteiger partial charge in [-0.25, -0.2) is 0 Å². The fourth-order valence-electron chi connectivity index (χ4n) is 4.12. The molecule has 0 unspecified atom stereocenters. The number of nitrogens with zero attached hydrogens (tertiary/aromatic N) is 1. The molecule has 0 amide bonds. The Bertz CT molecular complexity index is 1290. The second-order valence-corrected chi connectivity index (χ2v) is 7.71. The number of aryl methyl sites for hydroxylation is 2. The molecule has 0 aliphatic heterocycles. The van der Waals surface area contributed by atoms with Gasteiger partial charge in [-0.3, -0.25) is 0 Å². The van der Waals surface area contributed by atoms with E-state index in [9.17, 15) is 0 Å². The minimum Gasteiger partial charge on any atom is -0.310 e. The molecule has 0 atom stereocenters. The summed E-state index contributed by atoms with van der Waals surface area (Å²) >= 11 is 0. The van der Waals surface area contributed by atoms with Crippen LogP contribution in [0, 0.1) is 13.8 Å². The Kier molecular flexibility index (Phi) is 4.29. The highest BCUT2D eigenvalue weighted by atomic mass is 15.1. The SMILES string of the molecule is Cc1cccc(N(c2cccc(C)c2)c2ccc3c(ccc4ccccc43)c2)c1. The predicted molar refractivity (Wildman–Crippen MR) is 126 cm³/mol. The Morgan fingerprint density at radius 3 is 1.72 bits per heavy atom. The summed E-state index contributed by atoms with van der Waals surface area (Å²) in [4.78, 5) is 2.34. The number of benzene rings is 5. The zero-order valence-corrected chi connectivity index (χ0v) is 16.8. The lowest BCUT2D eigenvalue weighted by Gasteiger charge is -2.26. The predicted octanol–water partition coefficient (Wildman–Crippen LogP) is 8.08. The quantitative estimate of drug-likeness (QED) is 0.289. The smallest absolute Gasteiger partial charge is 0.0468 e. The van der Waals surface area contributed by atoms with Crippen LogP contribution in [0.1, 0.15) is 11.1 Å². The van der Waals surface area contributed by atoms with E-state index in [4.69, 9.17) is 0 Å². The summed E-state index contributed by atoms with van der Waals surface area (Å²) < 4.78 is 0. The van der Waals surface area contributed by atoms with Gasteiger partial charge in [-0.2, -0.15) is 0 Å². The van der Waals surface area contributed by atoms with Crippen LogP contribution in [0.3, 0.4) is 0 Å². The van der Waals surface area contributed by atoms with Crippen LogP contribution in [-0.4, -0.2) is 0 Å². The zero-order valence-electron chi connectivity index (χ0n) is 16.8. The lowest BCUT2D eigenvalue weighted by atomic mass is 10.0. The second-order valence-electron chi connectivity index (χ2n) is 7.71. The molecule has 140 valence electrons. The van der Waals surface area contributed by atoms with Crippen LogP contribution in [0.25, 0.3) is 21.5 Å². The van der Waals surface area contributed by atoms with Crippen molar-refractivity contribution in [2.75, 3.05) is 4.90 Å². The van der Waals surface area contributed by atoms with Gasteiger partial charge in [0.2, 0.25) is 0 Å². The van der Waals surface area contributed by atoms with Crippen LogP contribution in [0.15, 0.2) is 103 Å². The number of rotatable bonds is 3. The lowest BCUT2D eigenvalue weighted by molar-refractivity contribution is 1.26. The molecular formula is C28H23N. The Morgan fingerprint density at radius 1 is 0.448 bits per heavy atom. The van der Waals surface area contributed by atoms with E-state index in [0.717, 1.165) is 0 Å². The first-order valence-corrected chi connectivity index (χ1v) is 10.0. The molecule has 0 N–H and O–H groups in total. The van der Waals surface area contributed by atoms with E-state index < -0.39 is 0 Å². The van der Waals surface area contributed by atoms with Gasteiger partial charge in [0.15, 0.2) is 0 Å². The minimum atomic E-state index is 1.17. The first kappa shape index (κ1) is 17.5. The van der Waals surface area contributed by atoms with E-state index in [1.807, 2.05) is 0 Å². The number of hydrogen-bond acceptors (Lipinski definition) is 1. The van der Waals surface area contributed by atoms with Crippen molar-refractivity contribution in [1.29, 1.82) is 0 Å². The molecular weight excluding hydrogens is 350 g/mol. The number of anilines is 3. The molecule has 5 aromatic carbocycles. The molecule has 0 aromatic heterocycles. The summed E-state index contributed by atoms with van der Waals surface area (Å²) in [5.41, 5.74) is 6.04. The van der Waals surface area contributed by atoms with Gasteiger partial charge >= 0.3 is 0 Å². The maximum Gasteiger partial charge on any atom is 0.0468 e. The van der Waals surface area contributed by atoms with Gasteiger partial charge in [0.25, 0.3) is 0 Å². The zero-order chi connectivity index (χ0) is 19.8. The summed E-state index contributed by atoms with van der Waals surface area (Å²) in [6.07, 6.45) is 0. The average Bonchev–Trinajstić information content (AvgIpc) is 2.74. The van der Waals surface area contributed by atoms with Crippen LogP contribution in [0.2, 0.25) is 0 Å². The van der Waals surface area contributed by atoms with E-state index >= 15 is 0 Å². The molecule has 0 spiro atoms. The standard InChI is InChI=1S/C28H23N/c1-20-7-5-10-24(17-20)29(25-11-6-8-21(2)18-25)26-15-16-28-23(19-26)14-13-22-9-3-4-12-27(22)28/h3-19H,1-2H3. The van der Waals surface area contributed by atoms with E-state index in [-0.39, 0.29) is 0 Å². The third kappa shape index (κ3) is 3.25. The molecule has 0 radical (unpaired) electrons. The molecule has 0 aliphatic carbocycles. The van der Waals surface area contributed by atoms with Gasteiger partial charge in [0.1, 0.15) is 0 Å². The van der Waals surface area contributed by atoms with Gasteiger partial charge in [0.05, 0.1) is 0 Å². The highest BCUT2D eigenvalue weighted by molar-refractivity contribution is 6.08. The Hall–Kier alpha value is -3.58. The van der Waals surface area contributed by atoms with Crippen LogP contribution in [0.4, 0.5) is 17.1 Å². The Morgan fingerprint density at radius 2 is 1.03 bits per heavy atom. The van der Waals surface area contributed by atoms with Gasteiger partial charge in [-0.05, 0) is 82.9 Å². The van der Waals surface area contributed by atoms with Crippen molar-refractivity contribution in [1.82, 2.24) is 0 Å². The minimum absolute atomic E-state index is 1.17. The molecule has 5 rings (SSSR count). The molecule has 0 aliphatic rings. The fraction of sp³-hybridized carbons (Fsp3) is 0.0714. The third-order valence-corrected chi connectivity index (χ3v) is 5.51. The second kappa shape index (κ2) is 7.10. The molecule has 29 heavy (non-hydrogen) atoms. The van der Waals surface area contributed by atoms with Crippen LogP contribution >= 0.6 is 0 Å². The average molecular weight is 373 g/mol. The summed E-state index contributed by atoms with van der Waals surface area (Å²) in [7, 11) is 0. The van der Waals surface area contributed by atoms with Crippen molar-refractivity contribution in [3.05, 3.63) is 114 Å². The van der Waals surface area contributed by atoms with Gasteiger partial charge in [0, 0.05) is 17.1 Å². The van der Waals surface area contributed by atoms with Gasteiger partial charge in [-0.1, -0.05) is 66.7 Å². The highest BCUT2D eigenvalue weighted by Gasteiger charge is 2.13. The van der Waals surface area contributed by atoms with E-state index in [1.165, 1.54) is 49.7 Å². The van der Waals surface area contributed by atoms with Crippen molar-refractivity contribution in [2.45, 2.75) is 13.8 Å². The molecule has 1 nitrogen and oxygen atoms in total.